The van der Waals surface area contributed by atoms with Crippen LogP contribution in [-0.4, -0.2) is 68.6 Å². The first-order valence-corrected chi connectivity index (χ1v) is 6.39. The third-order valence-corrected chi connectivity index (χ3v) is 3.81. The molecule has 0 spiro atoms. The van der Waals surface area contributed by atoms with Crippen LogP contribution in [-0.2, 0) is 4.79 Å². The van der Waals surface area contributed by atoms with Crippen molar-refractivity contribution in [2.45, 2.75) is 31.3 Å². The van der Waals surface area contributed by atoms with Gasteiger partial charge in [0.2, 0.25) is 5.91 Å². The molecule has 5 nitrogen and oxygen atoms in total. The lowest BCUT2D eigenvalue weighted by Gasteiger charge is -2.38. The minimum atomic E-state index is 0.0697. The number of likely N-dealkylation sites (N-methyl/N-ethyl adjacent to an activating group) is 1. The molecule has 5 heteroatoms. The summed E-state index contributed by atoms with van der Waals surface area (Å²) in [6, 6.07) is 0.716. The van der Waals surface area contributed by atoms with E-state index in [9.17, 15) is 4.79 Å². The van der Waals surface area contributed by atoms with E-state index in [1.54, 1.807) is 7.05 Å². The van der Waals surface area contributed by atoms with Crippen molar-refractivity contribution in [2.75, 3.05) is 40.8 Å². The molecule has 0 aliphatic carbocycles. The number of nitrogens with two attached hydrogens (primary N) is 1. The van der Waals surface area contributed by atoms with Crippen molar-refractivity contribution in [1.82, 2.24) is 15.1 Å². The Kier molecular flexibility index (Phi) is 5.88. The quantitative estimate of drug-likeness (QED) is 0.681. The molecule has 17 heavy (non-hydrogen) atoms. The Balaban J connectivity index is 2.47. The molecule has 0 aromatic heterocycles. The van der Waals surface area contributed by atoms with Gasteiger partial charge in [-0.25, -0.2) is 0 Å². The fourth-order valence-corrected chi connectivity index (χ4v) is 2.41. The van der Waals surface area contributed by atoms with Gasteiger partial charge in [0, 0.05) is 32.1 Å². The van der Waals surface area contributed by atoms with E-state index in [4.69, 9.17) is 5.73 Å². The van der Waals surface area contributed by atoms with E-state index in [0.29, 0.717) is 19.0 Å². The summed E-state index contributed by atoms with van der Waals surface area (Å²) in [6.45, 7) is 2.80. The maximum Gasteiger partial charge on any atom is 0.221 e. The van der Waals surface area contributed by atoms with Crippen LogP contribution in [0.5, 0.6) is 0 Å². The molecular formula is C12H26N4O. The van der Waals surface area contributed by atoms with Crippen LogP contribution in [0.3, 0.4) is 0 Å². The van der Waals surface area contributed by atoms with Crippen molar-refractivity contribution in [3.8, 4) is 0 Å². The maximum atomic E-state index is 11.4. The Morgan fingerprint density at radius 3 is 2.59 bits per heavy atom. The highest BCUT2D eigenvalue weighted by atomic mass is 16.1. The van der Waals surface area contributed by atoms with Crippen molar-refractivity contribution in [2.24, 2.45) is 5.73 Å². The molecular weight excluding hydrogens is 216 g/mol. The molecule has 3 N–H and O–H groups in total. The smallest absolute Gasteiger partial charge is 0.221 e. The lowest BCUT2D eigenvalue weighted by molar-refractivity contribution is -0.121. The highest BCUT2D eigenvalue weighted by molar-refractivity contribution is 5.76. The second-order valence-corrected chi connectivity index (χ2v) is 4.97. The molecule has 0 aromatic rings. The second kappa shape index (κ2) is 6.93. The minimum Gasteiger partial charge on any atom is -0.359 e. The first kappa shape index (κ1) is 14.4. The standard InChI is InChI=1S/C12H26N4O/c1-14-12(17)8-11(9-13)16(3)10-4-6-15(2)7-5-10/h10-11H,4-9,13H2,1-3H3,(H,14,17). The molecule has 0 aromatic carbocycles. The summed E-state index contributed by atoms with van der Waals surface area (Å²) >= 11 is 0. The van der Waals surface area contributed by atoms with Gasteiger partial charge in [0.15, 0.2) is 0 Å². The van der Waals surface area contributed by atoms with Crippen molar-refractivity contribution in [3.63, 3.8) is 0 Å². The average molecular weight is 242 g/mol. The number of rotatable bonds is 5. The van der Waals surface area contributed by atoms with Crippen molar-refractivity contribution in [3.05, 3.63) is 0 Å². The first-order valence-electron chi connectivity index (χ1n) is 6.39. The van der Waals surface area contributed by atoms with Gasteiger partial charge in [-0.2, -0.15) is 0 Å². The zero-order chi connectivity index (χ0) is 12.8. The van der Waals surface area contributed by atoms with Crippen molar-refractivity contribution in [1.29, 1.82) is 0 Å². The topological polar surface area (TPSA) is 61.6 Å². The molecule has 1 amide bonds. The average Bonchev–Trinajstić information content (AvgIpc) is 2.35. The Labute approximate surface area is 104 Å². The normalized spacial score (nSPS) is 20.5. The summed E-state index contributed by atoms with van der Waals surface area (Å²) in [7, 11) is 5.92. The zero-order valence-corrected chi connectivity index (χ0v) is 11.3. The van der Waals surface area contributed by atoms with E-state index < -0.39 is 0 Å². The minimum absolute atomic E-state index is 0.0697. The van der Waals surface area contributed by atoms with Gasteiger partial charge in [-0.15, -0.1) is 0 Å². The van der Waals surface area contributed by atoms with E-state index in [1.165, 1.54) is 0 Å². The Hall–Kier alpha value is -0.650. The molecule has 100 valence electrons. The van der Waals surface area contributed by atoms with Gasteiger partial charge >= 0.3 is 0 Å². The van der Waals surface area contributed by atoms with Gasteiger partial charge < -0.3 is 16.0 Å². The highest BCUT2D eigenvalue weighted by Crippen LogP contribution is 2.17. The Bertz CT molecular complexity index is 239. The molecule has 1 fully saturated rings. The number of piperidine rings is 1. The lowest BCUT2D eigenvalue weighted by atomic mass is 10.0. The number of hydrogen-bond acceptors (Lipinski definition) is 4. The van der Waals surface area contributed by atoms with Crippen LogP contribution in [0.1, 0.15) is 19.3 Å². The van der Waals surface area contributed by atoms with Gasteiger partial charge in [0.25, 0.3) is 0 Å². The predicted octanol–water partition coefficient (Wildman–Crippen LogP) is -0.524. The third-order valence-electron chi connectivity index (χ3n) is 3.81. The molecule has 1 unspecified atom stereocenters. The van der Waals surface area contributed by atoms with E-state index in [1.807, 2.05) is 0 Å². The highest BCUT2D eigenvalue weighted by Gasteiger charge is 2.26. The Morgan fingerprint density at radius 2 is 2.12 bits per heavy atom. The number of amides is 1. The van der Waals surface area contributed by atoms with Gasteiger partial charge in [0.1, 0.15) is 0 Å². The van der Waals surface area contributed by atoms with Gasteiger partial charge in [-0.3, -0.25) is 9.69 Å². The third kappa shape index (κ3) is 4.26. The van der Waals surface area contributed by atoms with E-state index in [0.717, 1.165) is 25.9 Å². The molecule has 1 saturated heterocycles. The van der Waals surface area contributed by atoms with Crippen molar-refractivity contribution >= 4 is 5.91 Å². The molecule has 1 aliphatic rings. The summed E-state index contributed by atoms with van der Waals surface area (Å²) in [6.07, 6.45) is 2.82. The summed E-state index contributed by atoms with van der Waals surface area (Å²) in [4.78, 5) is 16.1. The molecule has 0 radical (unpaired) electrons. The molecule has 1 rings (SSSR count). The number of hydrogen-bond donors (Lipinski definition) is 2. The fraction of sp³-hybridized carbons (Fsp3) is 0.917. The van der Waals surface area contributed by atoms with Crippen LogP contribution in [0.4, 0.5) is 0 Å². The summed E-state index contributed by atoms with van der Waals surface area (Å²) in [5.74, 6) is 0.0697. The molecule has 1 atom stereocenters. The van der Waals surface area contributed by atoms with Crippen LogP contribution >= 0.6 is 0 Å². The van der Waals surface area contributed by atoms with Gasteiger partial charge in [-0.05, 0) is 40.0 Å². The van der Waals surface area contributed by atoms with Gasteiger partial charge in [0.05, 0.1) is 0 Å². The largest absolute Gasteiger partial charge is 0.359 e. The summed E-state index contributed by atoms with van der Waals surface area (Å²) < 4.78 is 0. The number of likely N-dealkylation sites (tertiary alicyclic amines) is 1. The number of nitrogens with one attached hydrogen (secondary N) is 1. The lowest BCUT2D eigenvalue weighted by Crippen LogP contribution is -2.50. The number of carbonyl (C=O) groups is 1. The Morgan fingerprint density at radius 1 is 1.53 bits per heavy atom. The zero-order valence-electron chi connectivity index (χ0n) is 11.3. The van der Waals surface area contributed by atoms with E-state index in [-0.39, 0.29) is 11.9 Å². The molecule has 1 heterocycles. The SMILES string of the molecule is CNC(=O)CC(CN)N(C)C1CCN(C)CC1. The van der Waals surface area contributed by atoms with Crippen molar-refractivity contribution < 1.29 is 4.79 Å². The molecule has 1 aliphatic heterocycles. The first-order chi connectivity index (χ1) is 8.08. The number of carbonyl (C=O) groups excluding carboxylic acids is 1. The maximum absolute atomic E-state index is 11.4. The van der Waals surface area contributed by atoms with Crippen LogP contribution in [0.2, 0.25) is 0 Å². The monoisotopic (exact) mass is 242 g/mol. The second-order valence-electron chi connectivity index (χ2n) is 4.97. The van der Waals surface area contributed by atoms with Gasteiger partial charge in [-0.1, -0.05) is 0 Å². The predicted molar refractivity (Wildman–Crippen MR) is 69.8 cm³/mol. The van der Waals surface area contributed by atoms with Crippen LogP contribution in [0.25, 0.3) is 0 Å². The van der Waals surface area contributed by atoms with Crippen LogP contribution < -0.4 is 11.1 Å². The summed E-state index contributed by atoms with van der Waals surface area (Å²) in [5.41, 5.74) is 5.78. The fourth-order valence-electron chi connectivity index (χ4n) is 2.41. The number of nitrogens with zero attached hydrogens (tertiary/aromatic N) is 2. The molecule has 0 saturated carbocycles. The molecule has 0 bridgehead atoms. The van der Waals surface area contributed by atoms with Crippen LogP contribution in [0.15, 0.2) is 0 Å². The van der Waals surface area contributed by atoms with Crippen LogP contribution in [0, 0.1) is 0 Å². The van der Waals surface area contributed by atoms with E-state index >= 15 is 0 Å². The summed E-state index contributed by atoms with van der Waals surface area (Å²) in [5, 5.41) is 2.67. The van der Waals surface area contributed by atoms with E-state index in [2.05, 4.69) is 29.2 Å².